The van der Waals surface area contributed by atoms with Gasteiger partial charge in [0, 0.05) is 36.5 Å². The smallest absolute Gasteiger partial charge is 0.217 e. The highest BCUT2D eigenvalue weighted by Gasteiger charge is 2.22. The SMILES string of the molecule is CC(=O)NC1CCCN(c2ncnc3ccc(Cl)cc23)C1. The van der Waals surface area contributed by atoms with E-state index in [4.69, 9.17) is 11.6 Å². The lowest BCUT2D eigenvalue weighted by molar-refractivity contribution is -0.119. The van der Waals surface area contributed by atoms with Crippen molar-refractivity contribution in [1.29, 1.82) is 0 Å². The highest BCUT2D eigenvalue weighted by molar-refractivity contribution is 6.31. The van der Waals surface area contributed by atoms with Crippen LogP contribution >= 0.6 is 11.6 Å². The van der Waals surface area contributed by atoms with Crippen molar-refractivity contribution in [3.8, 4) is 0 Å². The molecule has 1 aliphatic rings. The first kappa shape index (κ1) is 14.1. The molecule has 1 saturated heterocycles. The highest BCUT2D eigenvalue weighted by Crippen LogP contribution is 2.27. The van der Waals surface area contributed by atoms with Gasteiger partial charge in [-0.15, -0.1) is 0 Å². The molecule has 1 fully saturated rings. The fourth-order valence-corrected chi connectivity index (χ4v) is 3.01. The normalized spacial score (nSPS) is 18.8. The Morgan fingerprint density at radius 1 is 1.43 bits per heavy atom. The monoisotopic (exact) mass is 304 g/mol. The molecule has 110 valence electrons. The van der Waals surface area contributed by atoms with E-state index in [0.29, 0.717) is 5.02 Å². The van der Waals surface area contributed by atoms with Crippen molar-refractivity contribution in [2.45, 2.75) is 25.8 Å². The van der Waals surface area contributed by atoms with Crippen molar-refractivity contribution in [3.05, 3.63) is 29.5 Å². The van der Waals surface area contributed by atoms with Gasteiger partial charge in [-0.05, 0) is 31.0 Å². The summed E-state index contributed by atoms with van der Waals surface area (Å²) in [5, 5.41) is 4.62. The second-order valence-electron chi connectivity index (χ2n) is 5.34. The summed E-state index contributed by atoms with van der Waals surface area (Å²) in [4.78, 5) is 22.1. The number of benzene rings is 1. The number of rotatable bonds is 2. The molecule has 0 aliphatic carbocycles. The quantitative estimate of drug-likeness (QED) is 0.925. The molecular formula is C15H17ClN4O. The molecule has 1 unspecified atom stereocenters. The summed E-state index contributed by atoms with van der Waals surface area (Å²) >= 11 is 6.10. The Kier molecular flexibility index (Phi) is 3.92. The van der Waals surface area contributed by atoms with Crippen LogP contribution in [0.5, 0.6) is 0 Å². The maximum atomic E-state index is 11.2. The Morgan fingerprint density at radius 3 is 3.10 bits per heavy atom. The van der Waals surface area contributed by atoms with Gasteiger partial charge in [0.05, 0.1) is 5.52 Å². The van der Waals surface area contributed by atoms with Gasteiger partial charge in [-0.2, -0.15) is 0 Å². The van der Waals surface area contributed by atoms with Crippen LogP contribution in [0.3, 0.4) is 0 Å². The van der Waals surface area contributed by atoms with E-state index in [1.165, 1.54) is 0 Å². The third-order valence-corrected chi connectivity index (χ3v) is 3.94. The van der Waals surface area contributed by atoms with Gasteiger partial charge in [-0.25, -0.2) is 9.97 Å². The van der Waals surface area contributed by atoms with E-state index in [2.05, 4.69) is 20.2 Å². The van der Waals surface area contributed by atoms with E-state index >= 15 is 0 Å². The molecule has 2 aromatic rings. The van der Waals surface area contributed by atoms with E-state index in [1.807, 2.05) is 18.2 Å². The van der Waals surface area contributed by atoms with Crippen LogP contribution in [0.4, 0.5) is 5.82 Å². The average Bonchev–Trinajstić information content (AvgIpc) is 2.46. The third-order valence-electron chi connectivity index (χ3n) is 3.70. The van der Waals surface area contributed by atoms with E-state index < -0.39 is 0 Å². The number of nitrogens with one attached hydrogen (secondary N) is 1. The zero-order valence-corrected chi connectivity index (χ0v) is 12.6. The van der Waals surface area contributed by atoms with Gasteiger partial charge in [0.2, 0.25) is 5.91 Å². The largest absolute Gasteiger partial charge is 0.354 e. The van der Waals surface area contributed by atoms with Crippen LogP contribution in [0.1, 0.15) is 19.8 Å². The van der Waals surface area contributed by atoms with Gasteiger partial charge in [0.1, 0.15) is 12.1 Å². The van der Waals surface area contributed by atoms with Crippen LogP contribution in [-0.4, -0.2) is 35.0 Å². The number of hydrogen-bond donors (Lipinski definition) is 1. The molecule has 1 aliphatic heterocycles. The first-order valence-corrected chi connectivity index (χ1v) is 7.43. The van der Waals surface area contributed by atoms with Crippen LogP contribution in [0.2, 0.25) is 5.02 Å². The average molecular weight is 305 g/mol. The number of hydrogen-bond acceptors (Lipinski definition) is 4. The lowest BCUT2D eigenvalue weighted by Crippen LogP contribution is -2.47. The molecule has 0 radical (unpaired) electrons. The summed E-state index contributed by atoms with van der Waals surface area (Å²) in [5.41, 5.74) is 0.881. The predicted molar refractivity (Wildman–Crippen MR) is 83.6 cm³/mol. The Morgan fingerprint density at radius 2 is 2.29 bits per heavy atom. The minimum atomic E-state index is 0.0115. The van der Waals surface area contributed by atoms with E-state index in [1.54, 1.807) is 13.3 Å². The van der Waals surface area contributed by atoms with Crippen molar-refractivity contribution in [3.63, 3.8) is 0 Å². The van der Waals surface area contributed by atoms with Gasteiger partial charge in [0.25, 0.3) is 0 Å². The van der Waals surface area contributed by atoms with Crippen LogP contribution < -0.4 is 10.2 Å². The van der Waals surface area contributed by atoms with Gasteiger partial charge >= 0.3 is 0 Å². The van der Waals surface area contributed by atoms with Crippen LogP contribution in [0.15, 0.2) is 24.5 Å². The topological polar surface area (TPSA) is 58.1 Å². The molecule has 6 heteroatoms. The summed E-state index contributed by atoms with van der Waals surface area (Å²) in [7, 11) is 0. The third kappa shape index (κ3) is 3.08. The van der Waals surface area contributed by atoms with Gasteiger partial charge in [-0.1, -0.05) is 11.6 Å². The molecule has 0 bridgehead atoms. The summed E-state index contributed by atoms with van der Waals surface area (Å²) in [6.45, 7) is 3.24. The molecule has 3 rings (SSSR count). The van der Waals surface area contributed by atoms with Crippen LogP contribution in [-0.2, 0) is 4.79 Å². The second-order valence-corrected chi connectivity index (χ2v) is 5.78. The number of piperidine rings is 1. The molecule has 1 aromatic carbocycles. The van der Waals surface area contributed by atoms with Gasteiger partial charge in [-0.3, -0.25) is 4.79 Å². The van der Waals surface area contributed by atoms with Crippen molar-refractivity contribution >= 4 is 34.2 Å². The molecule has 1 amide bonds. The number of aromatic nitrogens is 2. The Bertz CT molecular complexity index is 676. The van der Waals surface area contributed by atoms with Gasteiger partial charge in [0.15, 0.2) is 0 Å². The first-order valence-electron chi connectivity index (χ1n) is 7.06. The Labute approximate surface area is 128 Å². The van der Waals surface area contributed by atoms with Crippen LogP contribution in [0.25, 0.3) is 10.9 Å². The summed E-state index contributed by atoms with van der Waals surface area (Å²) < 4.78 is 0. The maximum Gasteiger partial charge on any atom is 0.217 e. The van der Waals surface area contributed by atoms with Crippen molar-refractivity contribution in [2.75, 3.05) is 18.0 Å². The number of fused-ring (bicyclic) bond motifs is 1. The highest BCUT2D eigenvalue weighted by atomic mass is 35.5. The van der Waals surface area contributed by atoms with Crippen molar-refractivity contribution in [2.24, 2.45) is 0 Å². The molecule has 2 heterocycles. The molecule has 5 nitrogen and oxygen atoms in total. The first-order chi connectivity index (χ1) is 10.1. The summed E-state index contributed by atoms with van der Waals surface area (Å²) in [6, 6.07) is 5.80. The van der Waals surface area contributed by atoms with Gasteiger partial charge < -0.3 is 10.2 Å². The lowest BCUT2D eigenvalue weighted by atomic mass is 10.1. The Hall–Kier alpha value is -1.88. The van der Waals surface area contributed by atoms with Crippen molar-refractivity contribution < 1.29 is 4.79 Å². The van der Waals surface area contributed by atoms with E-state index in [0.717, 1.165) is 42.7 Å². The minimum Gasteiger partial charge on any atom is -0.354 e. The standard InChI is InChI=1S/C15H17ClN4O/c1-10(21)19-12-3-2-6-20(8-12)15-13-7-11(16)4-5-14(13)17-9-18-15/h4-5,7,9,12H,2-3,6,8H2,1H3,(H,19,21). The zero-order valence-electron chi connectivity index (χ0n) is 11.8. The number of nitrogens with zero attached hydrogens (tertiary/aromatic N) is 3. The molecule has 21 heavy (non-hydrogen) atoms. The summed E-state index contributed by atoms with van der Waals surface area (Å²) in [5.74, 6) is 0.898. The predicted octanol–water partition coefficient (Wildman–Crippen LogP) is 2.39. The summed E-state index contributed by atoms with van der Waals surface area (Å²) in [6.07, 6.45) is 3.60. The van der Waals surface area contributed by atoms with Crippen molar-refractivity contribution in [1.82, 2.24) is 15.3 Å². The molecule has 0 spiro atoms. The number of carbonyl (C=O) groups excluding carboxylic acids is 1. The number of carbonyl (C=O) groups is 1. The van der Waals surface area contributed by atoms with Crippen LogP contribution in [0, 0.1) is 0 Å². The maximum absolute atomic E-state index is 11.2. The lowest BCUT2D eigenvalue weighted by Gasteiger charge is -2.34. The minimum absolute atomic E-state index is 0.0115. The molecule has 1 atom stereocenters. The Balaban J connectivity index is 1.92. The molecule has 1 aromatic heterocycles. The number of halogens is 1. The molecule has 1 N–H and O–H groups in total. The molecular weight excluding hydrogens is 288 g/mol. The fraction of sp³-hybridized carbons (Fsp3) is 0.400. The zero-order chi connectivity index (χ0) is 14.8. The molecule has 0 saturated carbocycles. The second kappa shape index (κ2) is 5.85. The van der Waals surface area contributed by atoms with E-state index in [-0.39, 0.29) is 11.9 Å². The fourth-order valence-electron chi connectivity index (χ4n) is 2.84. The van der Waals surface area contributed by atoms with E-state index in [9.17, 15) is 4.79 Å². The number of amides is 1. The number of anilines is 1.